The van der Waals surface area contributed by atoms with Gasteiger partial charge < -0.3 is 11.6 Å². The Labute approximate surface area is 180 Å². The second-order valence-corrected chi connectivity index (χ2v) is 4.66. The maximum absolute atomic E-state index is 10.8. The Hall–Kier alpha value is -1.93. The molecule has 7 heteroatoms. The Bertz CT molecular complexity index is 759. The number of aliphatic hydroxyl groups excluding tert-OH is 2. The van der Waals surface area contributed by atoms with E-state index in [1.807, 2.05) is 12.1 Å². The SMILES string of the molecule is CC(=O)c1cccc(C#N)c1.CC(O)c1cccc(C#N)c1.CO.[B].[H-].[Na+]. The van der Waals surface area contributed by atoms with E-state index in [2.05, 4.69) is 0 Å². The van der Waals surface area contributed by atoms with Crippen LogP contribution >= 0.6 is 0 Å². The monoisotopic (exact) mass is 359 g/mol. The normalized spacial score (nSPS) is 9.04. The summed E-state index contributed by atoms with van der Waals surface area (Å²) in [5.74, 6) is -0.0119. The summed E-state index contributed by atoms with van der Waals surface area (Å²) in [7, 11) is 1.00. The summed E-state index contributed by atoms with van der Waals surface area (Å²) in [6.45, 7) is 3.16. The van der Waals surface area contributed by atoms with Crippen LogP contribution in [-0.2, 0) is 0 Å². The number of Topliss-reactive ketones (excluding diaryl/α,β-unsaturated/α-hetero) is 1. The number of nitriles is 2. The van der Waals surface area contributed by atoms with Crippen LogP contribution in [0.25, 0.3) is 0 Å². The van der Waals surface area contributed by atoms with Gasteiger partial charge in [-0.1, -0.05) is 24.3 Å². The first-order valence-corrected chi connectivity index (χ1v) is 7.12. The van der Waals surface area contributed by atoms with Crippen molar-refractivity contribution in [1.29, 1.82) is 10.5 Å². The summed E-state index contributed by atoms with van der Waals surface area (Å²) in [5.41, 5.74) is 2.48. The summed E-state index contributed by atoms with van der Waals surface area (Å²) < 4.78 is 0. The number of nitrogens with zero attached hydrogens (tertiary/aromatic N) is 2. The van der Waals surface area contributed by atoms with Gasteiger partial charge in [-0.2, -0.15) is 10.5 Å². The van der Waals surface area contributed by atoms with Crippen molar-refractivity contribution in [3.05, 3.63) is 70.8 Å². The zero-order chi connectivity index (χ0) is 18.5. The van der Waals surface area contributed by atoms with Gasteiger partial charge in [0.15, 0.2) is 5.78 Å². The maximum atomic E-state index is 10.8. The van der Waals surface area contributed by atoms with E-state index in [9.17, 15) is 4.79 Å². The summed E-state index contributed by atoms with van der Waals surface area (Å²) in [6.07, 6.45) is -0.497. The van der Waals surface area contributed by atoms with E-state index in [1.165, 1.54) is 6.92 Å². The summed E-state index contributed by atoms with van der Waals surface area (Å²) in [4.78, 5) is 10.8. The molecule has 0 aromatic heterocycles. The molecular formula is C19H21BN2NaO3. The topological polar surface area (TPSA) is 105 Å². The Morgan fingerprint density at radius 3 is 1.92 bits per heavy atom. The van der Waals surface area contributed by atoms with E-state index in [1.54, 1.807) is 55.5 Å². The molecule has 26 heavy (non-hydrogen) atoms. The van der Waals surface area contributed by atoms with Gasteiger partial charge in [-0.25, -0.2) is 0 Å². The summed E-state index contributed by atoms with van der Waals surface area (Å²) >= 11 is 0. The minimum absolute atomic E-state index is 0. The van der Waals surface area contributed by atoms with Crippen LogP contribution in [0.15, 0.2) is 48.5 Å². The summed E-state index contributed by atoms with van der Waals surface area (Å²) in [5, 5.41) is 33.1. The molecular weight excluding hydrogens is 338 g/mol. The molecule has 0 aliphatic heterocycles. The van der Waals surface area contributed by atoms with Gasteiger partial charge in [0.25, 0.3) is 0 Å². The zero-order valence-corrected chi connectivity index (χ0v) is 17.5. The molecule has 1 unspecified atom stereocenters. The number of benzene rings is 2. The molecule has 0 bridgehead atoms. The number of hydrogen-bond donors (Lipinski definition) is 2. The molecule has 0 heterocycles. The summed E-state index contributed by atoms with van der Waals surface area (Å²) in [6, 6.07) is 17.6. The second kappa shape index (κ2) is 16.5. The minimum atomic E-state index is -0.497. The molecule has 0 amide bonds. The molecule has 0 saturated heterocycles. The fraction of sp³-hybridized carbons (Fsp3) is 0.211. The number of aliphatic hydroxyl groups is 2. The molecule has 0 fully saturated rings. The third-order valence-electron chi connectivity index (χ3n) is 2.90. The van der Waals surface area contributed by atoms with Crippen LogP contribution in [0.5, 0.6) is 0 Å². The predicted molar refractivity (Wildman–Crippen MR) is 98.0 cm³/mol. The smallest absolute Gasteiger partial charge is 1.00 e. The Kier molecular flexibility index (Phi) is 18.4. The van der Waals surface area contributed by atoms with Gasteiger partial charge >= 0.3 is 29.6 Å². The van der Waals surface area contributed by atoms with E-state index in [4.69, 9.17) is 20.7 Å². The average Bonchev–Trinajstić information content (AvgIpc) is 2.64. The van der Waals surface area contributed by atoms with Crippen molar-refractivity contribution in [2.75, 3.05) is 7.11 Å². The van der Waals surface area contributed by atoms with Gasteiger partial charge in [0.2, 0.25) is 0 Å². The van der Waals surface area contributed by atoms with Crippen LogP contribution in [0.3, 0.4) is 0 Å². The van der Waals surface area contributed by atoms with E-state index in [0.29, 0.717) is 16.7 Å². The fourth-order valence-corrected chi connectivity index (χ4v) is 1.68. The van der Waals surface area contributed by atoms with Gasteiger partial charge in [-0.05, 0) is 43.7 Å². The number of carbonyl (C=O) groups is 1. The van der Waals surface area contributed by atoms with Crippen molar-refractivity contribution in [1.82, 2.24) is 0 Å². The Morgan fingerprint density at radius 1 is 1.04 bits per heavy atom. The molecule has 129 valence electrons. The standard InChI is InChI=1S/C9H9NO.C9H7NO.CH4O.B.Na.H/c2*1-7(11)9-4-2-3-8(5-9)6-10;1-2;;;/h2-5,7,11H,1H3;2-5H,1H3;2H,1H3;;;/q;;;;+1;-1. The number of carbonyl (C=O) groups excluding carboxylic acids is 1. The predicted octanol–water partition coefficient (Wildman–Crippen LogP) is -0.283. The molecule has 0 aliphatic rings. The molecule has 2 rings (SSSR count). The van der Waals surface area contributed by atoms with Gasteiger partial charge in [0.1, 0.15) is 0 Å². The average molecular weight is 359 g/mol. The van der Waals surface area contributed by atoms with Crippen LogP contribution in [0, 0.1) is 22.7 Å². The van der Waals surface area contributed by atoms with Gasteiger partial charge in [-0.3, -0.25) is 4.79 Å². The molecule has 1 atom stereocenters. The fourth-order valence-electron chi connectivity index (χ4n) is 1.68. The quantitative estimate of drug-likeness (QED) is 0.567. The van der Waals surface area contributed by atoms with Crippen LogP contribution in [0.1, 0.15) is 48.4 Å². The maximum Gasteiger partial charge on any atom is 1.00 e. The largest absolute Gasteiger partial charge is 1.00 e. The van der Waals surface area contributed by atoms with Crippen molar-refractivity contribution in [3.63, 3.8) is 0 Å². The van der Waals surface area contributed by atoms with Gasteiger partial charge in [-0.15, -0.1) is 0 Å². The number of rotatable bonds is 2. The molecule has 2 aromatic carbocycles. The number of ketones is 1. The van der Waals surface area contributed by atoms with Crippen LogP contribution in [0.2, 0.25) is 0 Å². The van der Waals surface area contributed by atoms with Crippen LogP contribution in [0.4, 0.5) is 0 Å². The van der Waals surface area contributed by atoms with E-state index in [-0.39, 0.29) is 45.2 Å². The van der Waals surface area contributed by atoms with Crippen molar-refractivity contribution in [3.8, 4) is 12.1 Å². The van der Waals surface area contributed by atoms with Crippen LogP contribution in [-0.4, -0.2) is 31.5 Å². The third kappa shape index (κ3) is 10.8. The molecule has 0 saturated carbocycles. The molecule has 5 nitrogen and oxygen atoms in total. The van der Waals surface area contributed by atoms with E-state index in [0.717, 1.165) is 12.7 Å². The van der Waals surface area contributed by atoms with E-state index < -0.39 is 6.10 Å². The number of hydrogen-bond acceptors (Lipinski definition) is 5. The Balaban J connectivity index is -0.000000163. The first-order chi connectivity index (χ1) is 11.5. The third-order valence-corrected chi connectivity index (χ3v) is 2.90. The molecule has 2 N–H and O–H groups in total. The van der Waals surface area contributed by atoms with Gasteiger partial charge in [0, 0.05) is 21.1 Å². The van der Waals surface area contributed by atoms with Crippen molar-refractivity contribution >= 4 is 14.2 Å². The molecule has 0 aliphatic carbocycles. The second-order valence-electron chi connectivity index (χ2n) is 4.66. The Morgan fingerprint density at radius 2 is 1.50 bits per heavy atom. The minimum Gasteiger partial charge on any atom is -1.00 e. The van der Waals surface area contributed by atoms with E-state index >= 15 is 0 Å². The first-order valence-electron chi connectivity index (χ1n) is 7.12. The van der Waals surface area contributed by atoms with Crippen molar-refractivity contribution in [2.24, 2.45) is 0 Å². The van der Waals surface area contributed by atoms with Gasteiger partial charge in [0.05, 0.1) is 29.4 Å². The molecule has 3 radical (unpaired) electrons. The first kappa shape index (κ1) is 28.9. The van der Waals surface area contributed by atoms with Crippen molar-refractivity contribution < 1.29 is 46.0 Å². The molecule has 2 aromatic rings. The zero-order valence-electron chi connectivity index (χ0n) is 16.5. The van der Waals surface area contributed by atoms with Crippen LogP contribution < -0.4 is 29.6 Å². The molecule has 0 spiro atoms. The van der Waals surface area contributed by atoms with Crippen molar-refractivity contribution in [2.45, 2.75) is 20.0 Å².